The molecule has 0 N–H and O–H groups in total. The number of esters is 4. The van der Waals surface area contributed by atoms with Crippen molar-refractivity contribution in [2.45, 2.75) is 138 Å². The van der Waals surface area contributed by atoms with Gasteiger partial charge < -0.3 is 23.4 Å². The molecule has 0 unspecified atom stereocenters. The zero-order valence-corrected chi connectivity index (χ0v) is 36.6. The van der Waals surface area contributed by atoms with E-state index >= 15 is 0 Å². The lowest BCUT2D eigenvalue weighted by Gasteiger charge is -2.36. The number of unbranched alkanes of at least 4 members (excludes halogenated alkanes) is 1. The Hall–Kier alpha value is -3.24. The van der Waals surface area contributed by atoms with Gasteiger partial charge in [0.1, 0.15) is 0 Å². The first-order chi connectivity index (χ1) is 24.8. The third kappa shape index (κ3) is 19.6. The van der Waals surface area contributed by atoms with Gasteiger partial charge in [-0.05, 0) is 123 Å². The van der Waals surface area contributed by atoms with Crippen LogP contribution in [0.5, 0.6) is 0 Å². The molecule has 0 aliphatic rings. The Morgan fingerprint density at radius 2 is 0.906 bits per heavy atom. The minimum Gasteiger partial charge on any atom is -0.468 e. The zero-order chi connectivity index (χ0) is 40.8. The maximum absolute atomic E-state index is 12.9. The monoisotopic (exact) mass is 760 g/mol. The molecule has 0 aromatic carbocycles. The highest BCUT2D eigenvalue weighted by Crippen LogP contribution is 2.38. The van der Waals surface area contributed by atoms with E-state index in [0.29, 0.717) is 13.0 Å². The van der Waals surface area contributed by atoms with Gasteiger partial charge in [-0.2, -0.15) is 0 Å². The van der Waals surface area contributed by atoms with E-state index in [1.165, 1.54) is 22.3 Å². The molecule has 0 spiro atoms. The summed E-state index contributed by atoms with van der Waals surface area (Å²) in [4.78, 5) is 51.7. The largest absolute Gasteiger partial charge is 0.468 e. The molecule has 0 bridgehead atoms. The third-order valence-corrected chi connectivity index (χ3v) is 14.6. The van der Waals surface area contributed by atoms with Crippen LogP contribution in [0.1, 0.15) is 120 Å². The number of allylic oxidation sites excluding steroid dienone is 9. The standard InChI is InChI=1S/C43H72O9Si/c1-31(2)20-17-23-34(5)25-18-24-32(3)21-15-16-22-33(4)26-19-27-35(30-52-53(13,14)43(6,7)8)28-29-36(37(39(44)48-9)40(45)49-10)38(41(46)50-11)42(47)51-12/h20-22,25,27,36-38H,15-19,23-24,26,28-30H2,1-14H3/b32-21+,33-22+,34-25+,35-27-. The lowest BCUT2D eigenvalue weighted by atomic mass is 9.77. The molecule has 0 radical (unpaired) electrons. The van der Waals surface area contributed by atoms with E-state index in [0.717, 1.165) is 85.4 Å². The van der Waals surface area contributed by atoms with Gasteiger partial charge in [-0.15, -0.1) is 0 Å². The van der Waals surface area contributed by atoms with Crippen molar-refractivity contribution < 1.29 is 42.6 Å². The van der Waals surface area contributed by atoms with Gasteiger partial charge in [0.25, 0.3) is 0 Å². The Kier molecular flexibility index (Phi) is 24.1. The van der Waals surface area contributed by atoms with Gasteiger partial charge in [0.15, 0.2) is 20.2 Å². The first-order valence-electron chi connectivity index (χ1n) is 19.0. The van der Waals surface area contributed by atoms with E-state index in [4.69, 9.17) is 23.4 Å². The van der Waals surface area contributed by atoms with Crippen molar-refractivity contribution in [3.63, 3.8) is 0 Å². The Balaban J connectivity index is 5.97. The second kappa shape index (κ2) is 25.7. The fraction of sp³-hybridized carbons (Fsp3) is 0.674. The Morgan fingerprint density at radius 3 is 1.26 bits per heavy atom. The number of carbonyl (C=O) groups excluding carboxylic acids is 4. The van der Waals surface area contributed by atoms with Crippen molar-refractivity contribution >= 4 is 32.2 Å². The van der Waals surface area contributed by atoms with Crippen molar-refractivity contribution in [1.29, 1.82) is 0 Å². The highest BCUT2D eigenvalue weighted by molar-refractivity contribution is 6.74. The van der Waals surface area contributed by atoms with Gasteiger partial charge >= 0.3 is 23.9 Å². The Labute approximate surface area is 322 Å². The highest BCUT2D eigenvalue weighted by atomic mass is 28.4. The fourth-order valence-corrected chi connectivity index (χ4v) is 6.58. The fourth-order valence-electron chi connectivity index (χ4n) is 5.60. The topological polar surface area (TPSA) is 114 Å². The zero-order valence-electron chi connectivity index (χ0n) is 35.6. The number of hydrogen-bond acceptors (Lipinski definition) is 9. The van der Waals surface area contributed by atoms with E-state index in [-0.39, 0.29) is 11.5 Å². The van der Waals surface area contributed by atoms with Gasteiger partial charge in [-0.3, -0.25) is 19.2 Å². The van der Waals surface area contributed by atoms with Crippen molar-refractivity contribution in [3.05, 3.63) is 58.2 Å². The molecule has 0 fully saturated rings. The highest BCUT2D eigenvalue weighted by Gasteiger charge is 2.48. The average Bonchev–Trinajstić information content (AvgIpc) is 3.09. The van der Waals surface area contributed by atoms with Crippen LogP contribution in [-0.4, -0.2) is 67.2 Å². The van der Waals surface area contributed by atoms with Crippen LogP contribution in [-0.2, 0) is 42.6 Å². The third-order valence-electron chi connectivity index (χ3n) is 10.1. The summed E-state index contributed by atoms with van der Waals surface area (Å²) in [6.45, 7) is 22.1. The summed E-state index contributed by atoms with van der Waals surface area (Å²) in [6, 6.07) is 0. The average molecular weight is 761 g/mol. The molecule has 0 aromatic rings. The van der Waals surface area contributed by atoms with Gasteiger partial charge in [0.2, 0.25) is 0 Å². The van der Waals surface area contributed by atoms with Crippen molar-refractivity contribution in [1.82, 2.24) is 0 Å². The lowest BCUT2D eigenvalue weighted by molar-refractivity contribution is -0.169. The van der Waals surface area contributed by atoms with Crippen LogP contribution >= 0.6 is 0 Å². The summed E-state index contributed by atoms with van der Waals surface area (Å²) in [5.74, 6) is -7.87. The van der Waals surface area contributed by atoms with E-state index < -0.39 is 49.9 Å². The molecule has 0 amide bonds. The van der Waals surface area contributed by atoms with E-state index in [2.05, 4.69) is 98.9 Å². The number of hydrogen-bond donors (Lipinski definition) is 0. The predicted octanol–water partition coefficient (Wildman–Crippen LogP) is 10.2. The molecule has 302 valence electrons. The van der Waals surface area contributed by atoms with Crippen LogP contribution in [0.4, 0.5) is 0 Å². The molecule has 0 aromatic heterocycles. The van der Waals surface area contributed by atoms with Crippen molar-refractivity contribution in [2.24, 2.45) is 17.8 Å². The summed E-state index contributed by atoms with van der Waals surface area (Å²) in [6.07, 6.45) is 19.8. The Bertz CT molecular complexity index is 1260. The van der Waals surface area contributed by atoms with Gasteiger partial charge in [0, 0.05) is 5.92 Å². The molecule has 0 saturated carbocycles. The smallest absolute Gasteiger partial charge is 0.320 e. The molecule has 10 heteroatoms. The molecule has 9 nitrogen and oxygen atoms in total. The minimum absolute atomic E-state index is 0.0184. The van der Waals surface area contributed by atoms with Gasteiger partial charge in [0.05, 0.1) is 35.0 Å². The number of rotatable bonds is 24. The van der Waals surface area contributed by atoms with E-state index in [1.54, 1.807) is 0 Å². The lowest BCUT2D eigenvalue weighted by Crippen LogP contribution is -2.44. The minimum atomic E-state index is -2.14. The second-order valence-corrected chi connectivity index (χ2v) is 20.6. The summed E-state index contributed by atoms with van der Waals surface area (Å²) in [7, 11) is 2.42. The number of ether oxygens (including phenoxy) is 4. The van der Waals surface area contributed by atoms with Crippen LogP contribution < -0.4 is 0 Å². The second-order valence-electron chi connectivity index (χ2n) is 15.8. The maximum Gasteiger partial charge on any atom is 0.320 e. The summed E-state index contributed by atoms with van der Waals surface area (Å²) < 4.78 is 26.3. The first kappa shape index (κ1) is 49.8. The molecule has 53 heavy (non-hydrogen) atoms. The molecular weight excluding hydrogens is 689 g/mol. The van der Waals surface area contributed by atoms with Crippen molar-refractivity contribution in [2.75, 3.05) is 35.0 Å². The van der Waals surface area contributed by atoms with Crippen LogP contribution in [0.3, 0.4) is 0 Å². The van der Waals surface area contributed by atoms with Gasteiger partial charge in [-0.1, -0.05) is 73.4 Å². The van der Waals surface area contributed by atoms with E-state index in [1.807, 2.05) is 0 Å². The molecule has 0 rings (SSSR count). The molecule has 0 heterocycles. The van der Waals surface area contributed by atoms with Crippen LogP contribution in [0.25, 0.3) is 0 Å². The normalized spacial score (nSPS) is 13.4. The van der Waals surface area contributed by atoms with E-state index in [9.17, 15) is 19.2 Å². The summed E-state index contributed by atoms with van der Waals surface area (Å²) >= 11 is 0. The summed E-state index contributed by atoms with van der Waals surface area (Å²) in [5, 5.41) is -0.0184. The number of carbonyl (C=O) groups is 4. The molecular formula is C43H72O9Si. The SMILES string of the molecule is COC(=O)C(C(=O)OC)C(CC/C(=C/CC/C(C)=C/CC/C=C(\C)CC/C=C(\C)CCC=C(C)C)CO[Si](C)(C)C(C)(C)C)C(C(=O)OC)C(=O)OC. The van der Waals surface area contributed by atoms with Crippen LogP contribution in [0.15, 0.2) is 58.2 Å². The quantitative estimate of drug-likeness (QED) is 0.0237. The Morgan fingerprint density at radius 1 is 0.547 bits per heavy atom. The van der Waals surface area contributed by atoms with Crippen LogP contribution in [0.2, 0.25) is 18.1 Å². The molecule has 0 aliphatic carbocycles. The van der Waals surface area contributed by atoms with Crippen molar-refractivity contribution in [3.8, 4) is 0 Å². The number of methoxy groups -OCH3 is 4. The van der Waals surface area contributed by atoms with Crippen LogP contribution in [0, 0.1) is 17.8 Å². The summed E-state index contributed by atoms with van der Waals surface area (Å²) in [5.41, 5.74) is 6.49. The maximum atomic E-state index is 12.9. The van der Waals surface area contributed by atoms with Gasteiger partial charge in [-0.25, -0.2) is 0 Å². The molecule has 0 aliphatic heterocycles. The predicted molar refractivity (Wildman–Crippen MR) is 217 cm³/mol. The first-order valence-corrected chi connectivity index (χ1v) is 21.9. The molecule has 0 saturated heterocycles. The molecule has 0 atom stereocenters.